The maximum absolute atomic E-state index is 13.1. The van der Waals surface area contributed by atoms with Crippen LogP contribution in [0.3, 0.4) is 0 Å². The number of allylic oxidation sites excluding steroid dienone is 1. The van der Waals surface area contributed by atoms with Crippen molar-refractivity contribution in [3.05, 3.63) is 12.2 Å². The topological polar surface area (TPSA) is 77.8 Å². The van der Waals surface area contributed by atoms with E-state index >= 15 is 0 Å². The van der Waals surface area contributed by atoms with Gasteiger partial charge in [0.15, 0.2) is 5.78 Å². The average Bonchev–Trinajstić information content (AvgIpc) is 2.60. The van der Waals surface area contributed by atoms with Gasteiger partial charge in [0, 0.05) is 18.6 Å². The maximum atomic E-state index is 13.1. The number of aliphatic hydroxyl groups excluding tert-OH is 3. The molecule has 7 atom stereocenters. The van der Waals surface area contributed by atoms with Gasteiger partial charge in [-0.1, -0.05) is 19.9 Å². The van der Waals surface area contributed by atoms with Crippen molar-refractivity contribution in [3.63, 3.8) is 0 Å². The van der Waals surface area contributed by atoms with Gasteiger partial charge >= 0.3 is 0 Å². The van der Waals surface area contributed by atoms with Gasteiger partial charge in [0.2, 0.25) is 0 Å². The summed E-state index contributed by atoms with van der Waals surface area (Å²) in [6.45, 7) is 6.26. The summed E-state index contributed by atoms with van der Waals surface area (Å²) >= 11 is 0. The molecule has 0 radical (unpaired) electrons. The van der Waals surface area contributed by atoms with Crippen LogP contribution in [0.2, 0.25) is 0 Å². The fraction of sp³-hybridized carbons (Fsp3) is 0.850. The van der Waals surface area contributed by atoms with E-state index in [2.05, 4.69) is 13.5 Å². The van der Waals surface area contributed by atoms with Crippen molar-refractivity contribution in [3.8, 4) is 0 Å². The van der Waals surface area contributed by atoms with E-state index in [1.807, 2.05) is 0 Å². The maximum Gasteiger partial charge on any atom is 0.167 e. The Hall–Kier alpha value is -0.710. The van der Waals surface area contributed by atoms with E-state index in [0.29, 0.717) is 12.0 Å². The molecule has 2 bridgehead atoms. The van der Waals surface area contributed by atoms with E-state index in [1.165, 1.54) is 0 Å². The van der Waals surface area contributed by atoms with Crippen LogP contribution in [-0.2, 0) is 4.79 Å². The van der Waals surface area contributed by atoms with E-state index in [9.17, 15) is 20.1 Å². The second kappa shape index (κ2) is 5.15. The zero-order chi connectivity index (χ0) is 17.3. The van der Waals surface area contributed by atoms with Crippen LogP contribution in [0.4, 0.5) is 0 Å². The minimum atomic E-state index is -0.737. The van der Waals surface area contributed by atoms with Crippen molar-refractivity contribution in [2.45, 2.75) is 58.0 Å². The smallest absolute Gasteiger partial charge is 0.167 e. The van der Waals surface area contributed by atoms with Crippen molar-refractivity contribution in [2.75, 3.05) is 13.2 Å². The predicted octanol–water partition coefficient (Wildman–Crippen LogP) is 2.07. The second-order valence-electron chi connectivity index (χ2n) is 9.28. The molecular weight excluding hydrogens is 304 g/mol. The summed E-state index contributed by atoms with van der Waals surface area (Å²) in [5.74, 6) is 0.359. The molecule has 5 aliphatic rings. The number of carbonyl (C=O) groups is 1. The number of hydrogen-bond donors (Lipinski definition) is 3. The molecule has 3 N–H and O–H groups in total. The van der Waals surface area contributed by atoms with Gasteiger partial charge in [-0.25, -0.2) is 0 Å². The standard InChI is InChI=1S/C20H30O4/c1-12-13-4-7-20(17(12)24)15(8-13)19(11-22)6-3-5-18(2,10-21)14(19)9-16(20)23/h13-16,21-23H,1,3-11H2,2H3/t13-,14?,15?,16-,18+,19+,20?/m1/s1. The molecule has 0 aliphatic heterocycles. The lowest BCUT2D eigenvalue weighted by Crippen LogP contribution is -2.69. The molecule has 0 aromatic heterocycles. The number of carbonyl (C=O) groups excluding carboxylic acids is 1. The van der Waals surface area contributed by atoms with E-state index in [-0.39, 0.29) is 47.6 Å². The van der Waals surface area contributed by atoms with Crippen molar-refractivity contribution < 1.29 is 20.1 Å². The summed E-state index contributed by atoms with van der Waals surface area (Å²) in [5.41, 5.74) is -0.660. The molecule has 0 saturated heterocycles. The lowest BCUT2D eigenvalue weighted by Gasteiger charge is -2.68. The normalized spacial score (nSPS) is 53.7. The van der Waals surface area contributed by atoms with Gasteiger partial charge in [0.05, 0.1) is 11.5 Å². The first kappa shape index (κ1) is 16.7. The minimum absolute atomic E-state index is 0.0201. The van der Waals surface area contributed by atoms with Crippen molar-refractivity contribution in [2.24, 2.45) is 34.0 Å². The van der Waals surface area contributed by atoms with E-state index in [0.717, 1.165) is 38.5 Å². The van der Waals surface area contributed by atoms with E-state index < -0.39 is 11.5 Å². The first-order chi connectivity index (χ1) is 11.4. The third-order valence-corrected chi connectivity index (χ3v) is 8.58. The van der Waals surface area contributed by atoms with Gasteiger partial charge in [-0.15, -0.1) is 0 Å². The molecule has 24 heavy (non-hydrogen) atoms. The highest BCUT2D eigenvalue weighted by atomic mass is 16.3. The molecule has 0 aromatic carbocycles. The van der Waals surface area contributed by atoms with Gasteiger partial charge in [0.1, 0.15) is 0 Å². The lowest BCUT2D eigenvalue weighted by atomic mass is 9.35. The highest BCUT2D eigenvalue weighted by Crippen LogP contribution is 2.70. The molecular formula is C20H30O4. The first-order valence-corrected chi connectivity index (χ1v) is 9.49. The average molecular weight is 334 g/mol. The summed E-state index contributed by atoms with van der Waals surface area (Å²) in [4.78, 5) is 13.1. The molecule has 1 spiro atoms. The zero-order valence-electron chi connectivity index (χ0n) is 14.6. The molecule has 134 valence electrons. The highest BCUT2D eigenvalue weighted by Gasteiger charge is 2.71. The lowest BCUT2D eigenvalue weighted by molar-refractivity contribution is -0.233. The Balaban J connectivity index is 1.86. The van der Waals surface area contributed by atoms with Crippen molar-refractivity contribution in [1.82, 2.24) is 0 Å². The first-order valence-electron chi connectivity index (χ1n) is 9.49. The molecule has 0 amide bonds. The van der Waals surface area contributed by atoms with Gasteiger partial charge in [-0.05, 0) is 67.3 Å². The van der Waals surface area contributed by atoms with Gasteiger partial charge < -0.3 is 15.3 Å². The fourth-order valence-corrected chi connectivity index (χ4v) is 7.29. The summed E-state index contributed by atoms with van der Waals surface area (Å²) in [5, 5.41) is 31.7. The summed E-state index contributed by atoms with van der Waals surface area (Å²) in [7, 11) is 0. The van der Waals surface area contributed by atoms with E-state index in [4.69, 9.17) is 0 Å². The van der Waals surface area contributed by atoms with Gasteiger partial charge in [-0.3, -0.25) is 4.79 Å². The van der Waals surface area contributed by atoms with Gasteiger partial charge in [0.25, 0.3) is 0 Å². The quantitative estimate of drug-likeness (QED) is 0.676. The van der Waals surface area contributed by atoms with Crippen LogP contribution in [0.25, 0.3) is 0 Å². The van der Waals surface area contributed by atoms with Crippen LogP contribution >= 0.6 is 0 Å². The largest absolute Gasteiger partial charge is 0.396 e. The molecule has 0 heterocycles. The van der Waals surface area contributed by atoms with E-state index in [1.54, 1.807) is 0 Å². The summed E-state index contributed by atoms with van der Waals surface area (Å²) in [6, 6.07) is 0. The summed E-state index contributed by atoms with van der Waals surface area (Å²) < 4.78 is 0. The Kier molecular flexibility index (Phi) is 3.59. The van der Waals surface area contributed by atoms with Crippen molar-refractivity contribution in [1.29, 1.82) is 0 Å². The molecule has 5 rings (SSSR count). The summed E-state index contributed by atoms with van der Waals surface area (Å²) in [6.07, 6.45) is 5.14. The number of Topliss-reactive ketones (excluding diaryl/α,β-unsaturated/α-hetero) is 1. The third kappa shape index (κ3) is 1.72. The van der Waals surface area contributed by atoms with Crippen LogP contribution in [0.5, 0.6) is 0 Å². The molecule has 3 unspecified atom stereocenters. The molecule has 5 aliphatic carbocycles. The third-order valence-electron chi connectivity index (χ3n) is 8.58. The van der Waals surface area contributed by atoms with Crippen LogP contribution in [0, 0.1) is 34.0 Å². The monoisotopic (exact) mass is 334 g/mol. The predicted molar refractivity (Wildman–Crippen MR) is 90.1 cm³/mol. The highest BCUT2D eigenvalue weighted by molar-refractivity contribution is 6.02. The number of rotatable bonds is 2. The van der Waals surface area contributed by atoms with Crippen LogP contribution in [-0.4, -0.2) is 40.4 Å². The molecule has 4 heteroatoms. The molecule has 5 fully saturated rings. The second-order valence-corrected chi connectivity index (χ2v) is 9.28. The number of aliphatic hydroxyl groups is 3. The number of hydrogen-bond acceptors (Lipinski definition) is 4. The van der Waals surface area contributed by atoms with Crippen LogP contribution in [0.15, 0.2) is 12.2 Å². The Morgan fingerprint density at radius 3 is 2.54 bits per heavy atom. The molecule has 0 aromatic rings. The van der Waals surface area contributed by atoms with Crippen molar-refractivity contribution >= 4 is 5.78 Å². The Morgan fingerprint density at radius 2 is 1.88 bits per heavy atom. The fourth-order valence-electron chi connectivity index (χ4n) is 7.29. The Labute approximate surface area is 144 Å². The van der Waals surface area contributed by atoms with Gasteiger partial charge in [-0.2, -0.15) is 0 Å². The number of fused-ring (bicyclic) bond motifs is 3. The Morgan fingerprint density at radius 1 is 1.12 bits per heavy atom. The van der Waals surface area contributed by atoms with Crippen LogP contribution in [0.1, 0.15) is 51.9 Å². The SMILES string of the molecule is C=C1C(=O)C23CC[C@@H]1CC2[C@]1(CO)CCC[C@@](C)(CO)C1C[C@H]3O. The molecule has 4 nitrogen and oxygen atoms in total. The Bertz CT molecular complexity index is 586. The van der Waals surface area contributed by atoms with Crippen LogP contribution < -0.4 is 0 Å². The minimum Gasteiger partial charge on any atom is -0.396 e. The zero-order valence-corrected chi connectivity index (χ0v) is 14.6. The molecule has 5 saturated carbocycles. The number of ketones is 1.